The van der Waals surface area contributed by atoms with Gasteiger partial charge in [0.15, 0.2) is 0 Å². The molecular weight excluding hydrogens is 260 g/mol. The van der Waals surface area contributed by atoms with Gasteiger partial charge < -0.3 is 4.74 Å². The third-order valence-electron chi connectivity index (χ3n) is 2.34. The lowest BCUT2D eigenvalue weighted by atomic mass is 9.98. The second-order valence-corrected chi connectivity index (χ2v) is 6.27. The molecule has 2 rings (SSSR count). The van der Waals surface area contributed by atoms with Crippen LogP contribution in [0.3, 0.4) is 0 Å². The Kier molecular flexibility index (Phi) is 3.20. The maximum atomic E-state index is 5.22. The molecule has 0 unspecified atom stereocenters. The Labute approximate surface area is 97.4 Å². The van der Waals surface area contributed by atoms with Crippen molar-refractivity contribution in [1.29, 1.82) is 0 Å². The molecule has 0 N–H and O–H groups in total. The minimum Gasteiger partial charge on any atom is -0.378 e. The zero-order chi connectivity index (χ0) is 10.0. The van der Waals surface area contributed by atoms with Crippen molar-refractivity contribution in [2.24, 2.45) is 0 Å². The van der Waals surface area contributed by atoms with Crippen molar-refractivity contribution in [3.8, 4) is 0 Å². The standard InChI is InChI=1S/C11H13BrOS/c1-2-14-10-5-3-9(4-6-10)11(12)7-13-8-11/h3-6H,2,7-8H2,1H3. The second-order valence-electron chi connectivity index (χ2n) is 3.42. The third kappa shape index (κ3) is 2.00. The monoisotopic (exact) mass is 272 g/mol. The van der Waals surface area contributed by atoms with Crippen LogP contribution in [0.2, 0.25) is 0 Å². The fourth-order valence-electron chi connectivity index (χ4n) is 1.46. The molecule has 0 atom stereocenters. The van der Waals surface area contributed by atoms with E-state index < -0.39 is 0 Å². The molecule has 1 aliphatic rings. The van der Waals surface area contributed by atoms with Crippen molar-refractivity contribution < 1.29 is 4.74 Å². The average molecular weight is 273 g/mol. The summed E-state index contributed by atoms with van der Waals surface area (Å²) in [5, 5.41) is 0. The summed E-state index contributed by atoms with van der Waals surface area (Å²) in [6.45, 7) is 3.74. The molecule has 0 spiro atoms. The fraction of sp³-hybridized carbons (Fsp3) is 0.455. The highest BCUT2D eigenvalue weighted by Gasteiger charge is 2.37. The molecule has 1 aromatic rings. The first kappa shape index (κ1) is 10.5. The van der Waals surface area contributed by atoms with Gasteiger partial charge >= 0.3 is 0 Å². The Morgan fingerprint density at radius 1 is 1.36 bits per heavy atom. The molecule has 1 nitrogen and oxygen atoms in total. The number of alkyl halides is 1. The van der Waals surface area contributed by atoms with Gasteiger partial charge in [-0.15, -0.1) is 11.8 Å². The van der Waals surface area contributed by atoms with Crippen LogP contribution in [0.25, 0.3) is 0 Å². The van der Waals surface area contributed by atoms with Crippen molar-refractivity contribution in [1.82, 2.24) is 0 Å². The molecule has 0 radical (unpaired) electrons. The van der Waals surface area contributed by atoms with Crippen molar-refractivity contribution in [2.45, 2.75) is 16.1 Å². The van der Waals surface area contributed by atoms with Gasteiger partial charge in [-0.2, -0.15) is 0 Å². The van der Waals surface area contributed by atoms with Crippen LogP contribution in [-0.2, 0) is 9.06 Å². The predicted octanol–water partition coefficient (Wildman–Crippen LogP) is 3.42. The quantitative estimate of drug-likeness (QED) is 0.616. The smallest absolute Gasteiger partial charge is 0.0971 e. The number of benzene rings is 1. The minimum atomic E-state index is 0.0857. The van der Waals surface area contributed by atoms with E-state index in [1.807, 2.05) is 11.8 Å². The molecule has 0 aliphatic carbocycles. The molecule has 1 fully saturated rings. The van der Waals surface area contributed by atoms with Gasteiger partial charge in [0.1, 0.15) is 0 Å². The van der Waals surface area contributed by atoms with Gasteiger partial charge in [0.05, 0.1) is 17.5 Å². The Morgan fingerprint density at radius 2 is 2.00 bits per heavy atom. The number of thioether (sulfide) groups is 1. The summed E-state index contributed by atoms with van der Waals surface area (Å²) >= 11 is 5.58. The Morgan fingerprint density at radius 3 is 2.43 bits per heavy atom. The summed E-state index contributed by atoms with van der Waals surface area (Å²) in [5.74, 6) is 1.13. The number of ether oxygens (including phenoxy) is 1. The van der Waals surface area contributed by atoms with E-state index in [1.54, 1.807) is 0 Å². The number of hydrogen-bond donors (Lipinski definition) is 0. The van der Waals surface area contributed by atoms with Crippen LogP contribution in [0.1, 0.15) is 12.5 Å². The molecule has 0 amide bonds. The number of hydrogen-bond acceptors (Lipinski definition) is 2. The molecular formula is C11H13BrOS. The molecule has 1 aliphatic heterocycles. The lowest BCUT2D eigenvalue weighted by Crippen LogP contribution is -2.40. The van der Waals surface area contributed by atoms with Crippen molar-refractivity contribution in [2.75, 3.05) is 19.0 Å². The summed E-state index contributed by atoms with van der Waals surface area (Å²) in [6.07, 6.45) is 0. The van der Waals surface area contributed by atoms with E-state index in [0.717, 1.165) is 19.0 Å². The summed E-state index contributed by atoms with van der Waals surface area (Å²) < 4.78 is 5.30. The van der Waals surface area contributed by atoms with Gasteiger partial charge in [0.25, 0.3) is 0 Å². The van der Waals surface area contributed by atoms with Gasteiger partial charge in [-0.3, -0.25) is 0 Å². The van der Waals surface area contributed by atoms with Crippen molar-refractivity contribution in [3.63, 3.8) is 0 Å². The summed E-state index contributed by atoms with van der Waals surface area (Å²) in [6, 6.07) is 8.75. The minimum absolute atomic E-state index is 0.0857. The van der Waals surface area contributed by atoms with E-state index >= 15 is 0 Å². The summed E-state index contributed by atoms with van der Waals surface area (Å²) in [7, 11) is 0. The van der Waals surface area contributed by atoms with E-state index in [0.29, 0.717) is 0 Å². The first-order valence-electron chi connectivity index (χ1n) is 4.74. The van der Waals surface area contributed by atoms with E-state index in [1.165, 1.54) is 10.5 Å². The maximum Gasteiger partial charge on any atom is 0.0971 e. The van der Waals surface area contributed by atoms with Crippen molar-refractivity contribution in [3.05, 3.63) is 29.8 Å². The van der Waals surface area contributed by atoms with Gasteiger partial charge in [-0.25, -0.2) is 0 Å². The third-order valence-corrected chi connectivity index (χ3v) is 4.15. The van der Waals surface area contributed by atoms with Gasteiger partial charge in [-0.05, 0) is 23.4 Å². The average Bonchev–Trinajstić information content (AvgIpc) is 2.16. The van der Waals surface area contributed by atoms with Crippen LogP contribution >= 0.6 is 27.7 Å². The SMILES string of the molecule is CCSc1ccc(C2(Br)COC2)cc1. The second kappa shape index (κ2) is 4.25. The number of halogens is 1. The first-order chi connectivity index (χ1) is 6.74. The predicted molar refractivity (Wildman–Crippen MR) is 64.3 cm³/mol. The zero-order valence-corrected chi connectivity index (χ0v) is 10.5. The Hall–Kier alpha value is 0.01000. The zero-order valence-electron chi connectivity index (χ0n) is 8.13. The van der Waals surface area contributed by atoms with Crippen LogP contribution in [0.5, 0.6) is 0 Å². The highest BCUT2D eigenvalue weighted by Crippen LogP contribution is 2.38. The van der Waals surface area contributed by atoms with Crippen LogP contribution in [0, 0.1) is 0 Å². The molecule has 0 bridgehead atoms. The molecule has 0 aromatic heterocycles. The first-order valence-corrected chi connectivity index (χ1v) is 6.52. The molecule has 1 heterocycles. The summed E-state index contributed by atoms with van der Waals surface area (Å²) in [4.78, 5) is 1.34. The topological polar surface area (TPSA) is 9.23 Å². The number of rotatable bonds is 3. The fourth-order valence-corrected chi connectivity index (χ4v) is 2.71. The lowest BCUT2D eigenvalue weighted by Gasteiger charge is -2.36. The molecule has 3 heteroatoms. The lowest BCUT2D eigenvalue weighted by molar-refractivity contribution is -0.00700. The molecule has 1 saturated heterocycles. The van der Waals surface area contributed by atoms with Crippen LogP contribution in [0.4, 0.5) is 0 Å². The van der Waals surface area contributed by atoms with Crippen LogP contribution < -0.4 is 0 Å². The van der Waals surface area contributed by atoms with E-state index in [-0.39, 0.29) is 4.32 Å². The molecule has 1 aromatic carbocycles. The van der Waals surface area contributed by atoms with Crippen LogP contribution in [0.15, 0.2) is 29.2 Å². The molecule has 0 saturated carbocycles. The summed E-state index contributed by atoms with van der Waals surface area (Å²) in [5.41, 5.74) is 1.32. The normalized spacial score (nSPS) is 19.0. The Bertz CT molecular complexity index is 306. The van der Waals surface area contributed by atoms with E-state index in [9.17, 15) is 0 Å². The highest BCUT2D eigenvalue weighted by atomic mass is 79.9. The van der Waals surface area contributed by atoms with Crippen LogP contribution in [-0.4, -0.2) is 19.0 Å². The largest absolute Gasteiger partial charge is 0.378 e. The van der Waals surface area contributed by atoms with E-state index in [2.05, 4.69) is 47.1 Å². The highest BCUT2D eigenvalue weighted by molar-refractivity contribution is 9.09. The van der Waals surface area contributed by atoms with Gasteiger partial charge in [0, 0.05) is 4.90 Å². The molecule has 14 heavy (non-hydrogen) atoms. The van der Waals surface area contributed by atoms with Gasteiger partial charge in [0.2, 0.25) is 0 Å². The maximum absolute atomic E-state index is 5.22. The Balaban J connectivity index is 2.13. The van der Waals surface area contributed by atoms with Crippen molar-refractivity contribution >= 4 is 27.7 Å². The van der Waals surface area contributed by atoms with Gasteiger partial charge in [-0.1, -0.05) is 35.0 Å². The molecule has 76 valence electrons. The van der Waals surface area contributed by atoms with E-state index in [4.69, 9.17) is 4.74 Å².